The fourth-order valence-electron chi connectivity index (χ4n) is 1.43. The molecule has 0 heterocycles. The molecule has 1 aromatic carbocycles. The molecule has 0 aliphatic rings. The van der Waals surface area contributed by atoms with Gasteiger partial charge in [-0.25, -0.2) is 0 Å². The van der Waals surface area contributed by atoms with Crippen molar-refractivity contribution in [3.63, 3.8) is 0 Å². The Hall–Kier alpha value is -1.73. The molecule has 0 aliphatic heterocycles. The average Bonchev–Trinajstić information content (AvgIpc) is 2.31. The van der Waals surface area contributed by atoms with Crippen LogP contribution in [0.5, 0.6) is 0 Å². The molecule has 1 aromatic rings. The van der Waals surface area contributed by atoms with Crippen molar-refractivity contribution in [1.82, 2.24) is 0 Å². The SMILES string of the molecule is CCCCCC#Cc1ccc(CC#N)cc1. The Morgan fingerprint density at radius 3 is 2.50 bits per heavy atom. The third-order valence-corrected chi connectivity index (χ3v) is 2.38. The van der Waals surface area contributed by atoms with E-state index in [1.807, 2.05) is 24.3 Å². The molecule has 0 N–H and O–H groups in total. The molecule has 0 bridgehead atoms. The van der Waals surface area contributed by atoms with Crippen molar-refractivity contribution >= 4 is 0 Å². The molecule has 0 aromatic heterocycles. The first-order chi connectivity index (χ1) is 7.86. The van der Waals surface area contributed by atoms with E-state index in [4.69, 9.17) is 5.26 Å². The van der Waals surface area contributed by atoms with E-state index in [0.717, 1.165) is 17.5 Å². The largest absolute Gasteiger partial charge is 0.198 e. The molecule has 1 nitrogen and oxygen atoms in total. The van der Waals surface area contributed by atoms with Crippen molar-refractivity contribution in [3.8, 4) is 17.9 Å². The molecular weight excluding hydrogens is 194 g/mol. The maximum Gasteiger partial charge on any atom is 0.0669 e. The van der Waals surface area contributed by atoms with E-state index in [2.05, 4.69) is 24.8 Å². The fourth-order valence-corrected chi connectivity index (χ4v) is 1.43. The van der Waals surface area contributed by atoms with Gasteiger partial charge in [0.2, 0.25) is 0 Å². The van der Waals surface area contributed by atoms with Gasteiger partial charge in [0.05, 0.1) is 12.5 Å². The lowest BCUT2D eigenvalue weighted by Crippen LogP contribution is -1.81. The zero-order chi connectivity index (χ0) is 11.6. The van der Waals surface area contributed by atoms with Crippen LogP contribution in [-0.2, 0) is 6.42 Å². The van der Waals surface area contributed by atoms with Gasteiger partial charge in [-0.3, -0.25) is 0 Å². The van der Waals surface area contributed by atoms with Crippen LogP contribution in [0.2, 0.25) is 0 Å². The van der Waals surface area contributed by atoms with Crippen LogP contribution in [0, 0.1) is 23.2 Å². The highest BCUT2D eigenvalue weighted by atomic mass is 14.2. The van der Waals surface area contributed by atoms with E-state index in [9.17, 15) is 0 Å². The molecule has 0 spiro atoms. The molecule has 1 rings (SSSR count). The summed E-state index contributed by atoms with van der Waals surface area (Å²) in [5.74, 6) is 6.31. The molecule has 1 heteroatoms. The van der Waals surface area contributed by atoms with Crippen LogP contribution in [0.3, 0.4) is 0 Å². The maximum absolute atomic E-state index is 8.53. The van der Waals surface area contributed by atoms with Crippen molar-refractivity contribution in [2.24, 2.45) is 0 Å². The summed E-state index contributed by atoms with van der Waals surface area (Å²) >= 11 is 0. The van der Waals surface area contributed by atoms with Gasteiger partial charge in [0.1, 0.15) is 0 Å². The van der Waals surface area contributed by atoms with Gasteiger partial charge >= 0.3 is 0 Å². The number of unbranched alkanes of at least 4 members (excludes halogenated alkanes) is 3. The van der Waals surface area contributed by atoms with Gasteiger partial charge in [0.25, 0.3) is 0 Å². The molecule has 0 amide bonds. The Morgan fingerprint density at radius 1 is 1.12 bits per heavy atom. The van der Waals surface area contributed by atoms with Crippen LogP contribution >= 0.6 is 0 Å². The van der Waals surface area contributed by atoms with E-state index in [1.54, 1.807) is 0 Å². The van der Waals surface area contributed by atoms with E-state index >= 15 is 0 Å². The molecule has 16 heavy (non-hydrogen) atoms. The minimum Gasteiger partial charge on any atom is -0.198 e. The van der Waals surface area contributed by atoms with Gasteiger partial charge in [0, 0.05) is 12.0 Å². The quantitative estimate of drug-likeness (QED) is 0.550. The third-order valence-electron chi connectivity index (χ3n) is 2.38. The van der Waals surface area contributed by atoms with E-state index in [-0.39, 0.29) is 0 Å². The van der Waals surface area contributed by atoms with E-state index < -0.39 is 0 Å². The lowest BCUT2D eigenvalue weighted by Gasteiger charge is -1.94. The number of benzene rings is 1. The lowest BCUT2D eigenvalue weighted by molar-refractivity contribution is 0.737. The summed E-state index contributed by atoms with van der Waals surface area (Å²) in [6, 6.07) is 10.0. The Kier molecular flexibility index (Phi) is 5.82. The van der Waals surface area contributed by atoms with Gasteiger partial charge in [0.15, 0.2) is 0 Å². The molecule has 0 fully saturated rings. The number of hydrogen-bond acceptors (Lipinski definition) is 1. The molecule has 0 radical (unpaired) electrons. The summed E-state index contributed by atoms with van der Waals surface area (Å²) in [5.41, 5.74) is 2.09. The normalized spacial score (nSPS) is 9.00. The molecule has 0 aliphatic carbocycles. The van der Waals surface area contributed by atoms with Gasteiger partial charge < -0.3 is 0 Å². The topological polar surface area (TPSA) is 23.8 Å². The molecular formula is C15H17N. The molecule has 0 unspecified atom stereocenters. The standard InChI is InChI=1S/C15H17N/c1-2-3-4-5-6-7-14-8-10-15(11-9-14)12-13-16/h8-11H,2-5,12H2,1H3. The summed E-state index contributed by atoms with van der Waals surface area (Å²) in [6.45, 7) is 2.20. The Labute approximate surface area is 98.1 Å². The fraction of sp³-hybridized carbons (Fsp3) is 0.400. The average molecular weight is 211 g/mol. The second kappa shape index (κ2) is 7.55. The molecule has 0 atom stereocenters. The van der Waals surface area contributed by atoms with Crippen LogP contribution in [0.1, 0.15) is 43.7 Å². The number of nitrogens with zero attached hydrogens (tertiary/aromatic N) is 1. The first-order valence-electron chi connectivity index (χ1n) is 5.81. The minimum atomic E-state index is 0.476. The predicted octanol–water partition coefficient (Wildman–Crippen LogP) is 3.68. The highest BCUT2D eigenvalue weighted by Gasteiger charge is 1.90. The predicted molar refractivity (Wildman–Crippen MR) is 66.8 cm³/mol. The molecule has 0 saturated carbocycles. The van der Waals surface area contributed by atoms with E-state index in [0.29, 0.717) is 6.42 Å². The third kappa shape index (κ3) is 4.67. The van der Waals surface area contributed by atoms with Crippen molar-refractivity contribution in [2.75, 3.05) is 0 Å². The van der Waals surface area contributed by atoms with Crippen LogP contribution in [0.15, 0.2) is 24.3 Å². The first kappa shape index (κ1) is 12.3. The monoisotopic (exact) mass is 211 g/mol. The van der Waals surface area contributed by atoms with Crippen molar-refractivity contribution in [1.29, 1.82) is 5.26 Å². The summed E-state index contributed by atoms with van der Waals surface area (Å²) < 4.78 is 0. The van der Waals surface area contributed by atoms with Crippen LogP contribution in [0.4, 0.5) is 0 Å². The maximum atomic E-state index is 8.53. The molecule has 0 saturated heterocycles. The minimum absolute atomic E-state index is 0.476. The van der Waals surface area contributed by atoms with E-state index in [1.165, 1.54) is 19.3 Å². The Bertz CT molecular complexity index is 398. The first-order valence-corrected chi connectivity index (χ1v) is 5.81. The number of rotatable bonds is 4. The summed E-state index contributed by atoms with van der Waals surface area (Å²) in [5, 5.41) is 8.53. The van der Waals surface area contributed by atoms with Crippen molar-refractivity contribution in [3.05, 3.63) is 35.4 Å². The molecule has 82 valence electrons. The van der Waals surface area contributed by atoms with Crippen LogP contribution in [-0.4, -0.2) is 0 Å². The van der Waals surface area contributed by atoms with Gasteiger partial charge in [-0.15, -0.1) is 0 Å². The number of nitriles is 1. The van der Waals surface area contributed by atoms with Crippen LogP contribution < -0.4 is 0 Å². The summed E-state index contributed by atoms with van der Waals surface area (Å²) in [4.78, 5) is 0. The highest BCUT2D eigenvalue weighted by Crippen LogP contribution is 2.04. The Morgan fingerprint density at radius 2 is 1.88 bits per heavy atom. The van der Waals surface area contributed by atoms with Gasteiger partial charge in [-0.05, 0) is 24.1 Å². The second-order valence-corrected chi connectivity index (χ2v) is 3.79. The van der Waals surface area contributed by atoms with Gasteiger partial charge in [-0.2, -0.15) is 5.26 Å². The van der Waals surface area contributed by atoms with Gasteiger partial charge in [-0.1, -0.05) is 43.7 Å². The number of hydrogen-bond donors (Lipinski definition) is 0. The zero-order valence-electron chi connectivity index (χ0n) is 9.79. The summed E-state index contributed by atoms with van der Waals surface area (Å²) in [7, 11) is 0. The second-order valence-electron chi connectivity index (χ2n) is 3.79. The summed E-state index contributed by atoms with van der Waals surface area (Å²) in [6.07, 6.45) is 5.15. The van der Waals surface area contributed by atoms with Crippen LogP contribution in [0.25, 0.3) is 0 Å². The smallest absolute Gasteiger partial charge is 0.0669 e. The lowest BCUT2D eigenvalue weighted by atomic mass is 10.1. The van der Waals surface area contributed by atoms with Crippen molar-refractivity contribution < 1.29 is 0 Å². The van der Waals surface area contributed by atoms with Crippen molar-refractivity contribution in [2.45, 2.75) is 39.0 Å². The Balaban J connectivity index is 2.45. The highest BCUT2D eigenvalue weighted by molar-refractivity contribution is 5.36. The zero-order valence-corrected chi connectivity index (χ0v) is 9.79.